The van der Waals surface area contributed by atoms with E-state index in [1.54, 1.807) is 0 Å². The van der Waals surface area contributed by atoms with E-state index in [9.17, 15) is 5.11 Å². The third kappa shape index (κ3) is 2.49. The number of aromatic nitrogens is 1. The van der Waals surface area contributed by atoms with Gasteiger partial charge >= 0.3 is 0 Å². The largest absolute Gasteiger partial charge is 0.393 e. The molecule has 2 aromatic rings. The normalized spacial score (nSPS) is 34.9. The molecule has 2 heteroatoms. The summed E-state index contributed by atoms with van der Waals surface area (Å²) in [5, 5.41) is 12.0. The average molecular weight is 338 g/mol. The summed E-state index contributed by atoms with van der Waals surface area (Å²) in [6.07, 6.45) is 7.36. The Morgan fingerprint density at radius 1 is 1.20 bits per heavy atom. The molecule has 2 fully saturated rings. The maximum absolute atomic E-state index is 10.6. The molecule has 0 amide bonds. The number of para-hydroxylation sites is 1. The summed E-state index contributed by atoms with van der Waals surface area (Å²) in [5.74, 6) is 1.06. The molecule has 2 nitrogen and oxygen atoms in total. The first-order valence-corrected chi connectivity index (χ1v) is 9.75. The minimum Gasteiger partial charge on any atom is -0.393 e. The molecule has 1 aromatic heterocycles. The lowest BCUT2D eigenvalue weighted by atomic mass is 9.46. The lowest BCUT2D eigenvalue weighted by Crippen LogP contribution is -2.55. The first-order chi connectivity index (χ1) is 11.8. The van der Waals surface area contributed by atoms with Crippen LogP contribution in [0.2, 0.25) is 0 Å². The van der Waals surface area contributed by atoms with Crippen molar-refractivity contribution in [1.82, 2.24) is 4.98 Å². The van der Waals surface area contributed by atoms with E-state index in [0.717, 1.165) is 25.7 Å². The number of hydrogen-bond donors (Lipinski definition) is 2. The van der Waals surface area contributed by atoms with Crippen molar-refractivity contribution in [3.05, 3.63) is 48.2 Å². The van der Waals surface area contributed by atoms with Crippen molar-refractivity contribution in [2.45, 2.75) is 59.0 Å². The topological polar surface area (TPSA) is 36.0 Å². The van der Waals surface area contributed by atoms with Crippen LogP contribution in [0.1, 0.15) is 52.0 Å². The van der Waals surface area contributed by atoms with Gasteiger partial charge in [-0.05, 0) is 66.4 Å². The minimum absolute atomic E-state index is 0.00777. The van der Waals surface area contributed by atoms with Crippen LogP contribution in [0.3, 0.4) is 0 Å². The first-order valence-electron chi connectivity index (χ1n) is 9.75. The Bertz CT molecular complexity index is 801. The highest BCUT2D eigenvalue weighted by atomic mass is 16.3. The Hall–Kier alpha value is -1.54. The van der Waals surface area contributed by atoms with E-state index < -0.39 is 0 Å². The van der Waals surface area contributed by atoms with Gasteiger partial charge in [-0.15, -0.1) is 0 Å². The minimum atomic E-state index is -0.175. The van der Waals surface area contributed by atoms with Gasteiger partial charge in [0.2, 0.25) is 0 Å². The average Bonchev–Trinajstić information content (AvgIpc) is 2.98. The van der Waals surface area contributed by atoms with E-state index >= 15 is 0 Å². The Morgan fingerprint density at radius 2 is 1.96 bits per heavy atom. The zero-order valence-corrected chi connectivity index (χ0v) is 15.8. The molecule has 134 valence electrons. The van der Waals surface area contributed by atoms with Crippen LogP contribution < -0.4 is 0 Å². The number of allylic oxidation sites excluding steroid dienone is 1. The van der Waals surface area contributed by atoms with Gasteiger partial charge in [0.25, 0.3) is 0 Å². The molecule has 0 spiro atoms. The number of H-pyrrole nitrogens is 1. The van der Waals surface area contributed by atoms with Crippen LogP contribution in [0.5, 0.6) is 0 Å². The quantitative estimate of drug-likeness (QED) is 0.699. The third-order valence-corrected chi connectivity index (χ3v) is 7.65. The molecule has 25 heavy (non-hydrogen) atoms. The molecule has 1 aromatic carbocycles. The SMILES string of the molecule is C=C1CCC2C(C)(C)C(O)CCC2(C)C1Cc1c[nH]c2ccccc12. The smallest absolute Gasteiger partial charge is 0.0594 e. The zero-order valence-electron chi connectivity index (χ0n) is 15.8. The zero-order chi connectivity index (χ0) is 17.8. The van der Waals surface area contributed by atoms with Crippen LogP contribution in [0, 0.1) is 22.7 Å². The molecule has 4 unspecified atom stereocenters. The van der Waals surface area contributed by atoms with Gasteiger partial charge in [0.05, 0.1) is 6.10 Å². The number of nitrogens with one attached hydrogen (secondary N) is 1. The second-order valence-corrected chi connectivity index (χ2v) is 9.25. The van der Waals surface area contributed by atoms with Crippen LogP contribution in [0.25, 0.3) is 10.9 Å². The molecule has 4 rings (SSSR count). The molecule has 0 radical (unpaired) electrons. The van der Waals surface area contributed by atoms with Crippen molar-refractivity contribution in [2.75, 3.05) is 0 Å². The first kappa shape index (κ1) is 16.9. The maximum Gasteiger partial charge on any atom is 0.0594 e. The summed E-state index contributed by atoms with van der Waals surface area (Å²) >= 11 is 0. The Labute approximate surface area is 151 Å². The van der Waals surface area contributed by atoms with Crippen LogP contribution in [-0.2, 0) is 6.42 Å². The van der Waals surface area contributed by atoms with Crippen molar-refractivity contribution < 1.29 is 5.11 Å². The van der Waals surface area contributed by atoms with E-state index in [1.165, 1.54) is 28.5 Å². The van der Waals surface area contributed by atoms with Crippen LogP contribution in [0.4, 0.5) is 0 Å². The van der Waals surface area contributed by atoms with E-state index in [1.807, 2.05) is 0 Å². The molecular weight excluding hydrogens is 306 g/mol. The molecule has 0 bridgehead atoms. The highest BCUT2D eigenvalue weighted by Gasteiger charge is 2.55. The Balaban J connectivity index is 1.71. The third-order valence-electron chi connectivity index (χ3n) is 7.65. The molecule has 2 saturated carbocycles. The number of benzene rings is 1. The summed E-state index contributed by atoms with van der Waals surface area (Å²) < 4.78 is 0. The lowest BCUT2D eigenvalue weighted by Gasteiger charge is -2.59. The van der Waals surface area contributed by atoms with Gasteiger partial charge < -0.3 is 10.1 Å². The molecule has 0 saturated heterocycles. The number of aliphatic hydroxyl groups excluding tert-OH is 1. The van der Waals surface area contributed by atoms with E-state index in [0.29, 0.717) is 11.8 Å². The Morgan fingerprint density at radius 3 is 2.76 bits per heavy atom. The molecule has 0 aliphatic heterocycles. The number of aliphatic hydroxyl groups is 1. The Kier molecular flexibility index (Phi) is 3.88. The van der Waals surface area contributed by atoms with Crippen molar-refractivity contribution in [3.8, 4) is 0 Å². The number of fused-ring (bicyclic) bond motifs is 2. The van der Waals surface area contributed by atoms with Crippen molar-refractivity contribution in [1.29, 1.82) is 0 Å². The lowest BCUT2D eigenvalue weighted by molar-refractivity contribution is -0.123. The fourth-order valence-corrected chi connectivity index (χ4v) is 6.06. The van der Waals surface area contributed by atoms with E-state index in [2.05, 4.69) is 62.8 Å². The summed E-state index contributed by atoms with van der Waals surface area (Å²) in [6.45, 7) is 11.5. The van der Waals surface area contributed by atoms with Gasteiger partial charge in [0, 0.05) is 17.1 Å². The van der Waals surface area contributed by atoms with Gasteiger partial charge in [-0.25, -0.2) is 0 Å². The van der Waals surface area contributed by atoms with Crippen molar-refractivity contribution in [2.24, 2.45) is 22.7 Å². The van der Waals surface area contributed by atoms with Gasteiger partial charge in [-0.2, -0.15) is 0 Å². The van der Waals surface area contributed by atoms with Gasteiger partial charge in [-0.3, -0.25) is 0 Å². The number of hydrogen-bond acceptors (Lipinski definition) is 1. The molecule has 2 aliphatic carbocycles. The van der Waals surface area contributed by atoms with Crippen molar-refractivity contribution >= 4 is 10.9 Å². The maximum atomic E-state index is 10.6. The summed E-state index contributed by atoms with van der Waals surface area (Å²) in [4.78, 5) is 3.43. The highest BCUT2D eigenvalue weighted by Crippen LogP contribution is 2.61. The standard InChI is InChI=1S/C23H31NO/c1-15-9-10-20-22(2,3)21(25)11-12-23(20,4)18(15)13-16-14-24-19-8-6-5-7-17(16)19/h5-8,14,18,20-21,24-25H,1,9-13H2,2-4H3. The molecule has 2 N–H and O–H groups in total. The molecule has 4 atom stereocenters. The molecular formula is C23H31NO. The van der Waals surface area contributed by atoms with Gasteiger partial charge in [0.15, 0.2) is 0 Å². The molecule has 1 heterocycles. The fourth-order valence-electron chi connectivity index (χ4n) is 6.06. The highest BCUT2D eigenvalue weighted by molar-refractivity contribution is 5.83. The van der Waals surface area contributed by atoms with Gasteiger partial charge in [-0.1, -0.05) is 51.1 Å². The monoisotopic (exact) mass is 337 g/mol. The summed E-state index contributed by atoms with van der Waals surface area (Å²) in [6, 6.07) is 8.59. The summed E-state index contributed by atoms with van der Waals surface area (Å²) in [7, 11) is 0. The number of rotatable bonds is 2. The molecule has 2 aliphatic rings. The predicted octanol–water partition coefficient (Wildman–Crippen LogP) is 5.48. The second kappa shape index (κ2) is 5.74. The van der Waals surface area contributed by atoms with Crippen molar-refractivity contribution in [3.63, 3.8) is 0 Å². The van der Waals surface area contributed by atoms with Crippen LogP contribution in [0.15, 0.2) is 42.6 Å². The van der Waals surface area contributed by atoms with Gasteiger partial charge in [0.1, 0.15) is 0 Å². The number of aromatic amines is 1. The van der Waals surface area contributed by atoms with Crippen LogP contribution in [-0.4, -0.2) is 16.2 Å². The predicted molar refractivity (Wildman–Crippen MR) is 104 cm³/mol. The summed E-state index contributed by atoms with van der Waals surface area (Å²) in [5.41, 5.74) is 4.27. The second-order valence-electron chi connectivity index (χ2n) is 9.25. The van der Waals surface area contributed by atoms with E-state index in [4.69, 9.17) is 0 Å². The fraction of sp³-hybridized carbons (Fsp3) is 0.565. The van der Waals surface area contributed by atoms with E-state index in [-0.39, 0.29) is 16.9 Å². The van der Waals surface area contributed by atoms with Crippen LogP contribution >= 0.6 is 0 Å².